The molecule has 1 aliphatic carbocycles. The van der Waals surface area contributed by atoms with Crippen LogP contribution in [0.4, 0.5) is 5.69 Å². The average Bonchev–Trinajstić information content (AvgIpc) is 3.41. The molecule has 12 nitrogen and oxygen atoms in total. The van der Waals surface area contributed by atoms with Gasteiger partial charge in [-0.2, -0.15) is 0 Å². The van der Waals surface area contributed by atoms with Crippen molar-refractivity contribution in [3.63, 3.8) is 0 Å². The van der Waals surface area contributed by atoms with E-state index in [-0.39, 0.29) is 41.7 Å². The number of hydrogen-bond acceptors (Lipinski definition) is 7. The molecule has 0 radical (unpaired) electrons. The highest BCUT2D eigenvalue weighted by Gasteiger charge is 2.45. The van der Waals surface area contributed by atoms with Gasteiger partial charge in [0, 0.05) is 36.7 Å². The summed E-state index contributed by atoms with van der Waals surface area (Å²) in [6.45, 7) is 0.247. The van der Waals surface area contributed by atoms with Crippen LogP contribution >= 0.6 is 0 Å². The monoisotopic (exact) mass is 552 g/mol. The van der Waals surface area contributed by atoms with E-state index >= 15 is 0 Å². The molecule has 212 valence electrons. The lowest BCUT2D eigenvalue weighted by molar-refractivity contribution is -0.384. The first kappa shape index (κ1) is 28.5. The summed E-state index contributed by atoms with van der Waals surface area (Å²) in [7, 11) is 1.47. The number of carboxylic acid groups (broad SMARTS) is 1. The molecule has 40 heavy (non-hydrogen) atoms. The molecule has 0 spiro atoms. The number of aliphatic carboxylic acids is 1. The number of carbonyl (C=O) groups is 4. The normalized spacial score (nSPS) is 18.2. The predicted octanol–water partition coefficient (Wildman–Crippen LogP) is 3.13. The van der Waals surface area contributed by atoms with Gasteiger partial charge in [-0.25, -0.2) is 0 Å². The lowest BCUT2D eigenvalue weighted by Gasteiger charge is -2.33. The second kappa shape index (κ2) is 12.6. The largest absolute Gasteiger partial charge is 0.497 e. The van der Waals surface area contributed by atoms with Gasteiger partial charge in [0.05, 0.1) is 24.5 Å². The summed E-state index contributed by atoms with van der Waals surface area (Å²) in [6, 6.07) is 10.7. The molecule has 2 aliphatic rings. The second-order valence-electron chi connectivity index (χ2n) is 9.98. The van der Waals surface area contributed by atoms with Crippen molar-refractivity contribution >= 4 is 29.4 Å². The van der Waals surface area contributed by atoms with Crippen LogP contribution in [0.25, 0.3) is 0 Å². The molecule has 1 aliphatic heterocycles. The van der Waals surface area contributed by atoms with Crippen LogP contribution < -0.4 is 10.1 Å². The van der Waals surface area contributed by atoms with E-state index in [2.05, 4.69) is 5.32 Å². The van der Waals surface area contributed by atoms with Crippen LogP contribution in [0.5, 0.6) is 5.75 Å². The summed E-state index contributed by atoms with van der Waals surface area (Å²) in [5, 5.41) is 23.5. The molecule has 2 unspecified atom stereocenters. The Hall–Kier alpha value is -4.48. The van der Waals surface area contributed by atoms with Crippen LogP contribution in [0.3, 0.4) is 0 Å². The fourth-order valence-electron chi connectivity index (χ4n) is 5.39. The van der Waals surface area contributed by atoms with E-state index in [4.69, 9.17) is 4.74 Å². The van der Waals surface area contributed by atoms with Crippen molar-refractivity contribution < 1.29 is 33.9 Å². The lowest BCUT2D eigenvalue weighted by atomic mass is 9.88. The maximum atomic E-state index is 13.8. The summed E-state index contributed by atoms with van der Waals surface area (Å²) in [6.07, 6.45) is 2.37. The molecule has 0 aromatic heterocycles. The van der Waals surface area contributed by atoms with E-state index in [1.54, 1.807) is 24.3 Å². The molecule has 3 amide bonds. The molecule has 2 fully saturated rings. The van der Waals surface area contributed by atoms with E-state index in [1.807, 2.05) is 0 Å². The van der Waals surface area contributed by atoms with Gasteiger partial charge in [-0.15, -0.1) is 0 Å². The number of benzene rings is 2. The Labute approximate surface area is 231 Å². The topological polar surface area (TPSA) is 159 Å². The minimum atomic E-state index is -1.32. The number of nitrogens with one attached hydrogen (secondary N) is 1. The number of methoxy groups -OCH3 is 1. The SMILES string of the molecule is COc1cccc(C(=O)N2CCN(C(=O)C3CCCCC3)C2C(=O)NC(CC(=O)O)c2cccc([N+](=O)[O-])c2)c1. The number of non-ortho nitro benzene ring substituents is 1. The molecular formula is C28H32N4O8. The van der Waals surface area contributed by atoms with Crippen molar-refractivity contribution in [3.8, 4) is 5.75 Å². The van der Waals surface area contributed by atoms with Crippen LogP contribution in [0, 0.1) is 16.0 Å². The van der Waals surface area contributed by atoms with Gasteiger partial charge < -0.3 is 25.0 Å². The zero-order valence-corrected chi connectivity index (χ0v) is 22.2. The summed E-state index contributed by atoms with van der Waals surface area (Å²) >= 11 is 0. The highest BCUT2D eigenvalue weighted by atomic mass is 16.6. The van der Waals surface area contributed by atoms with Crippen molar-refractivity contribution in [3.05, 3.63) is 69.8 Å². The first-order valence-electron chi connectivity index (χ1n) is 13.2. The molecule has 4 rings (SSSR count). The van der Waals surface area contributed by atoms with Gasteiger partial charge in [-0.1, -0.05) is 37.5 Å². The fraction of sp³-hybridized carbons (Fsp3) is 0.429. The van der Waals surface area contributed by atoms with Gasteiger partial charge in [0.25, 0.3) is 17.5 Å². The Morgan fingerprint density at radius 1 is 1.05 bits per heavy atom. The van der Waals surface area contributed by atoms with E-state index in [0.717, 1.165) is 19.3 Å². The lowest BCUT2D eigenvalue weighted by Crippen LogP contribution is -2.55. The predicted molar refractivity (Wildman–Crippen MR) is 142 cm³/mol. The van der Waals surface area contributed by atoms with Crippen LogP contribution in [-0.2, 0) is 14.4 Å². The summed E-state index contributed by atoms with van der Waals surface area (Å²) < 4.78 is 5.23. The summed E-state index contributed by atoms with van der Waals surface area (Å²) in [4.78, 5) is 66.1. The molecule has 2 aromatic rings. The van der Waals surface area contributed by atoms with Crippen LogP contribution in [-0.4, -0.2) is 69.9 Å². The molecule has 2 atom stereocenters. The smallest absolute Gasteiger partial charge is 0.305 e. The van der Waals surface area contributed by atoms with E-state index in [0.29, 0.717) is 18.6 Å². The number of carbonyl (C=O) groups excluding carboxylic acids is 3. The van der Waals surface area contributed by atoms with Gasteiger partial charge in [0.2, 0.25) is 5.91 Å². The van der Waals surface area contributed by atoms with E-state index in [1.165, 1.54) is 41.2 Å². The standard InChI is InChI=1S/C28H32N4O8/c1-40-22-12-6-10-20(16-22)28(37)31-14-13-30(27(36)18-7-3-2-4-8-18)26(31)25(35)29-23(17-24(33)34)19-9-5-11-21(15-19)32(38)39/h5-6,9-12,15-16,18,23,26H,2-4,7-8,13-14,17H2,1H3,(H,29,35)(H,33,34). The molecular weight excluding hydrogens is 520 g/mol. The van der Waals surface area contributed by atoms with E-state index < -0.39 is 41.3 Å². The number of carboxylic acids is 1. The maximum Gasteiger partial charge on any atom is 0.305 e. The molecule has 2 aromatic carbocycles. The Bertz CT molecular complexity index is 1290. The quantitative estimate of drug-likeness (QED) is 0.355. The van der Waals surface area contributed by atoms with Gasteiger partial charge in [0.15, 0.2) is 6.17 Å². The molecule has 1 saturated heterocycles. The number of amides is 3. The molecule has 12 heteroatoms. The number of rotatable bonds is 9. The average molecular weight is 553 g/mol. The first-order chi connectivity index (χ1) is 19.2. The second-order valence-corrected chi connectivity index (χ2v) is 9.98. The van der Waals surface area contributed by atoms with Gasteiger partial charge in [0.1, 0.15) is 5.75 Å². The molecule has 1 saturated carbocycles. The molecule has 1 heterocycles. The number of nitrogens with zero attached hydrogens (tertiary/aromatic N) is 3. The van der Waals surface area contributed by atoms with Crippen molar-refractivity contribution in [1.82, 2.24) is 15.1 Å². The Morgan fingerprint density at radius 2 is 1.75 bits per heavy atom. The third kappa shape index (κ3) is 6.38. The van der Waals surface area contributed by atoms with Crippen molar-refractivity contribution in [2.24, 2.45) is 5.92 Å². The summed E-state index contributed by atoms with van der Waals surface area (Å²) in [5.41, 5.74) is 0.232. The van der Waals surface area contributed by atoms with Crippen LogP contribution in [0.15, 0.2) is 48.5 Å². The number of hydrogen-bond donors (Lipinski definition) is 2. The Balaban J connectivity index is 1.66. The number of nitro benzene ring substituents is 1. The highest BCUT2D eigenvalue weighted by Crippen LogP contribution is 2.30. The summed E-state index contributed by atoms with van der Waals surface area (Å²) in [5.74, 6) is -2.48. The maximum absolute atomic E-state index is 13.8. The van der Waals surface area contributed by atoms with Gasteiger partial charge >= 0.3 is 5.97 Å². The molecule has 0 bridgehead atoms. The van der Waals surface area contributed by atoms with E-state index in [9.17, 15) is 34.4 Å². The van der Waals surface area contributed by atoms with Crippen molar-refractivity contribution in [1.29, 1.82) is 0 Å². The zero-order chi connectivity index (χ0) is 28.8. The van der Waals surface area contributed by atoms with Gasteiger partial charge in [-0.05, 0) is 36.6 Å². The van der Waals surface area contributed by atoms with Crippen LogP contribution in [0.2, 0.25) is 0 Å². The molecule has 2 N–H and O–H groups in total. The van der Waals surface area contributed by atoms with Crippen LogP contribution in [0.1, 0.15) is 60.5 Å². The minimum Gasteiger partial charge on any atom is -0.497 e. The third-order valence-electron chi connectivity index (χ3n) is 7.40. The van der Waals surface area contributed by atoms with Crippen molar-refractivity contribution in [2.45, 2.75) is 50.7 Å². The van der Waals surface area contributed by atoms with Gasteiger partial charge in [-0.3, -0.25) is 29.3 Å². The zero-order valence-electron chi connectivity index (χ0n) is 22.2. The third-order valence-corrected chi connectivity index (χ3v) is 7.40. The fourth-order valence-corrected chi connectivity index (χ4v) is 5.39. The first-order valence-corrected chi connectivity index (χ1v) is 13.2. The Kier molecular flexibility index (Phi) is 8.97. The Morgan fingerprint density at radius 3 is 2.42 bits per heavy atom. The number of ether oxygens (including phenoxy) is 1. The van der Waals surface area contributed by atoms with Crippen molar-refractivity contribution in [2.75, 3.05) is 20.2 Å². The minimum absolute atomic E-state index is 0.104. The highest BCUT2D eigenvalue weighted by molar-refractivity contribution is 5.99. The number of nitro groups is 1.